The molecule has 2 rings (SSSR count). The van der Waals surface area contributed by atoms with E-state index in [9.17, 15) is 10.1 Å². The Labute approximate surface area is 118 Å². The van der Waals surface area contributed by atoms with E-state index in [2.05, 4.69) is 17.1 Å². The van der Waals surface area contributed by atoms with Gasteiger partial charge in [-0.25, -0.2) is 0 Å². The van der Waals surface area contributed by atoms with Crippen LogP contribution in [0.1, 0.15) is 19.8 Å². The van der Waals surface area contributed by atoms with Crippen molar-refractivity contribution in [2.24, 2.45) is 0 Å². The summed E-state index contributed by atoms with van der Waals surface area (Å²) >= 11 is 0. The molecule has 110 valence electrons. The monoisotopic (exact) mass is 279 g/mol. The first-order valence-corrected chi connectivity index (χ1v) is 6.96. The second-order valence-corrected chi connectivity index (χ2v) is 4.95. The fourth-order valence-electron chi connectivity index (χ4n) is 2.72. The second-order valence-electron chi connectivity index (χ2n) is 4.95. The van der Waals surface area contributed by atoms with E-state index in [1.54, 1.807) is 12.1 Å². The maximum Gasteiger partial charge on any atom is 0.311 e. The topological polar surface area (TPSA) is 67.6 Å². The fraction of sp³-hybridized carbons (Fsp3) is 0.571. The molecule has 1 heterocycles. The first kappa shape index (κ1) is 14.6. The number of nitro benzene ring substituents is 1. The summed E-state index contributed by atoms with van der Waals surface area (Å²) < 4.78 is 5.07. The molecule has 0 saturated carbocycles. The highest BCUT2D eigenvalue weighted by molar-refractivity contribution is 5.58. The number of nitrogens with zero attached hydrogens (tertiary/aromatic N) is 2. The first-order valence-electron chi connectivity index (χ1n) is 6.96. The quantitative estimate of drug-likeness (QED) is 0.640. The minimum absolute atomic E-state index is 0.00546. The summed E-state index contributed by atoms with van der Waals surface area (Å²) in [7, 11) is 1.45. The van der Waals surface area contributed by atoms with Crippen molar-refractivity contribution >= 4 is 11.4 Å². The molecule has 6 nitrogen and oxygen atoms in total. The molecule has 0 spiro atoms. The molecular weight excluding hydrogens is 258 g/mol. The van der Waals surface area contributed by atoms with Gasteiger partial charge in [0.05, 0.1) is 12.0 Å². The molecule has 1 aromatic rings. The van der Waals surface area contributed by atoms with Crippen molar-refractivity contribution in [3.05, 3.63) is 28.3 Å². The van der Waals surface area contributed by atoms with Gasteiger partial charge in [-0.2, -0.15) is 0 Å². The number of methoxy groups -OCH3 is 1. The smallest absolute Gasteiger partial charge is 0.311 e. The molecule has 0 aromatic heterocycles. The highest BCUT2D eigenvalue weighted by atomic mass is 16.6. The van der Waals surface area contributed by atoms with Gasteiger partial charge in [-0.05, 0) is 32.0 Å². The van der Waals surface area contributed by atoms with Gasteiger partial charge in [-0.1, -0.05) is 6.92 Å². The van der Waals surface area contributed by atoms with Gasteiger partial charge >= 0.3 is 5.69 Å². The molecule has 0 radical (unpaired) electrons. The molecule has 1 saturated heterocycles. The average Bonchev–Trinajstić information content (AvgIpc) is 2.92. The van der Waals surface area contributed by atoms with Crippen molar-refractivity contribution in [2.75, 3.05) is 32.1 Å². The molecule has 1 aliphatic heterocycles. The summed E-state index contributed by atoms with van der Waals surface area (Å²) in [6, 6.07) is 5.43. The molecule has 1 N–H and O–H groups in total. The predicted octanol–water partition coefficient (Wildman–Crippen LogP) is 2.50. The average molecular weight is 279 g/mol. The summed E-state index contributed by atoms with van der Waals surface area (Å²) in [6.45, 7) is 5.25. The third kappa shape index (κ3) is 3.19. The first-order chi connectivity index (χ1) is 9.65. The molecule has 1 aromatic carbocycles. The Morgan fingerprint density at radius 2 is 2.35 bits per heavy atom. The lowest BCUT2D eigenvalue weighted by Crippen LogP contribution is -2.34. The van der Waals surface area contributed by atoms with E-state index < -0.39 is 4.92 Å². The number of likely N-dealkylation sites (N-methyl/N-ethyl adjacent to an activating group) is 1. The number of nitrogens with one attached hydrogen (secondary N) is 1. The van der Waals surface area contributed by atoms with Crippen LogP contribution in [0.2, 0.25) is 0 Å². The Morgan fingerprint density at radius 1 is 1.55 bits per heavy atom. The molecular formula is C14H21N3O3. The molecule has 1 fully saturated rings. The summed E-state index contributed by atoms with van der Waals surface area (Å²) in [5, 5.41) is 14.2. The Balaban J connectivity index is 2.01. The third-order valence-electron chi connectivity index (χ3n) is 3.82. The van der Waals surface area contributed by atoms with Crippen molar-refractivity contribution in [2.45, 2.75) is 25.8 Å². The minimum Gasteiger partial charge on any atom is -0.490 e. The molecule has 6 heteroatoms. The van der Waals surface area contributed by atoms with Gasteiger partial charge in [0, 0.05) is 30.4 Å². The highest BCUT2D eigenvalue weighted by Gasteiger charge is 2.22. The number of ether oxygens (including phenoxy) is 1. The molecule has 0 bridgehead atoms. The zero-order valence-corrected chi connectivity index (χ0v) is 12.0. The maximum atomic E-state index is 10.8. The van der Waals surface area contributed by atoms with Gasteiger partial charge in [-0.15, -0.1) is 0 Å². The van der Waals surface area contributed by atoms with Crippen molar-refractivity contribution < 1.29 is 9.66 Å². The zero-order valence-electron chi connectivity index (χ0n) is 12.0. The normalized spacial score (nSPS) is 19.0. The lowest BCUT2D eigenvalue weighted by Gasteiger charge is -2.23. The van der Waals surface area contributed by atoms with Crippen LogP contribution in [-0.2, 0) is 0 Å². The Bertz CT molecular complexity index is 479. The predicted molar refractivity (Wildman–Crippen MR) is 78.4 cm³/mol. The van der Waals surface area contributed by atoms with Gasteiger partial charge in [0.15, 0.2) is 5.75 Å². The lowest BCUT2D eigenvalue weighted by molar-refractivity contribution is -0.385. The Hall–Kier alpha value is -1.82. The SMILES string of the molecule is CCN1CCCC1CNc1ccc([N+](=O)[O-])c(OC)c1. The number of anilines is 1. The number of hydrogen-bond donors (Lipinski definition) is 1. The zero-order chi connectivity index (χ0) is 14.5. The van der Waals surface area contributed by atoms with Crippen LogP contribution >= 0.6 is 0 Å². The number of benzene rings is 1. The van der Waals surface area contributed by atoms with Gasteiger partial charge in [-0.3, -0.25) is 15.0 Å². The van der Waals surface area contributed by atoms with Crippen molar-refractivity contribution in [3.63, 3.8) is 0 Å². The summed E-state index contributed by atoms with van der Waals surface area (Å²) in [6.07, 6.45) is 2.44. The van der Waals surface area contributed by atoms with Crippen LogP contribution in [0.3, 0.4) is 0 Å². The van der Waals surface area contributed by atoms with Crippen LogP contribution < -0.4 is 10.1 Å². The van der Waals surface area contributed by atoms with Crippen LogP contribution in [0.15, 0.2) is 18.2 Å². The van der Waals surface area contributed by atoms with Crippen LogP contribution in [0, 0.1) is 10.1 Å². The highest BCUT2D eigenvalue weighted by Crippen LogP contribution is 2.29. The second kappa shape index (κ2) is 6.56. The summed E-state index contributed by atoms with van der Waals surface area (Å²) in [4.78, 5) is 12.9. The molecule has 1 aliphatic rings. The van der Waals surface area contributed by atoms with E-state index in [1.807, 2.05) is 0 Å². The summed E-state index contributed by atoms with van der Waals surface area (Å²) in [5.41, 5.74) is 0.851. The van der Waals surface area contributed by atoms with Crippen molar-refractivity contribution in [3.8, 4) is 5.75 Å². The van der Waals surface area contributed by atoms with Gasteiger partial charge in [0.1, 0.15) is 0 Å². The van der Waals surface area contributed by atoms with E-state index in [4.69, 9.17) is 4.74 Å². The van der Waals surface area contributed by atoms with E-state index in [1.165, 1.54) is 26.0 Å². The van der Waals surface area contributed by atoms with E-state index in [-0.39, 0.29) is 5.69 Å². The van der Waals surface area contributed by atoms with Crippen LogP contribution in [-0.4, -0.2) is 42.6 Å². The maximum absolute atomic E-state index is 10.8. The Kier molecular flexibility index (Phi) is 4.79. The van der Waals surface area contributed by atoms with E-state index in [0.717, 1.165) is 25.3 Å². The van der Waals surface area contributed by atoms with Crippen LogP contribution in [0.4, 0.5) is 11.4 Å². The number of rotatable bonds is 6. The molecule has 1 atom stereocenters. The number of likely N-dealkylation sites (tertiary alicyclic amines) is 1. The Morgan fingerprint density at radius 3 is 3.00 bits per heavy atom. The lowest BCUT2D eigenvalue weighted by atomic mass is 10.2. The largest absolute Gasteiger partial charge is 0.490 e. The van der Waals surface area contributed by atoms with Crippen molar-refractivity contribution in [1.82, 2.24) is 4.90 Å². The van der Waals surface area contributed by atoms with Gasteiger partial charge < -0.3 is 10.1 Å². The number of nitro groups is 1. The number of hydrogen-bond acceptors (Lipinski definition) is 5. The fourth-order valence-corrected chi connectivity index (χ4v) is 2.72. The van der Waals surface area contributed by atoms with E-state index >= 15 is 0 Å². The molecule has 1 unspecified atom stereocenters. The standard InChI is InChI=1S/C14H21N3O3/c1-3-16-8-4-5-12(16)10-15-11-6-7-13(17(18)19)14(9-11)20-2/h6-7,9,12,15H,3-5,8,10H2,1-2H3. The molecule has 20 heavy (non-hydrogen) atoms. The van der Waals surface area contributed by atoms with Crippen LogP contribution in [0.25, 0.3) is 0 Å². The summed E-state index contributed by atoms with van der Waals surface area (Å²) in [5.74, 6) is 0.291. The molecule has 0 aliphatic carbocycles. The molecule has 0 amide bonds. The van der Waals surface area contributed by atoms with E-state index in [0.29, 0.717) is 11.8 Å². The third-order valence-corrected chi connectivity index (χ3v) is 3.82. The van der Waals surface area contributed by atoms with Crippen LogP contribution in [0.5, 0.6) is 5.75 Å². The van der Waals surface area contributed by atoms with Gasteiger partial charge in [0.2, 0.25) is 0 Å². The minimum atomic E-state index is -0.432. The van der Waals surface area contributed by atoms with Gasteiger partial charge in [0.25, 0.3) is 0 Å². The van der Waals surface area contributed by atoms with Crippen molar-refractivity contribution in [1.29, 1.82) is 0 Å².